The minimum atomic E-state index is -1.59. The number of thiol groups is 1. The summed E-state index contributed by atoms with van der Waals surface area (Å²) in [7, 11) is 0.726. The fourth-order valence-electron chi connectivity index (χ4n) is 3.42. The van der Waals surface area contributed by atoms with Gasteiger partial charge < -0.3 is 14.8 Å². The van der Waals surface area contributed by atoms with Crippen LogP contribution >= 0.6 is 34.9 Å². The normalized spacial score (nSPS) is 17.9. The van der Waals surface area contributed by atoms with Gasteiger partial charge in [-0.15, -0.1) is 24.1 Å². The van der Waals surface area contributed by atoms with Crippen LogP contribution < -0.4 is 0 Å². The largest absolute Gasteiger partial charge is 0.480 e. The summed E-state index contributed by atoms with van der Waals surface area (Å²) in [4.78, 5) is 27.5. The van der Waals surface area contributed by atoms with Crippen LogP contribution in [-0.4, -0.2) is 31.7 Å². The lowest BCUT2D eigenvalue weighted by molar-refractivity contribution is -0.139. The van der Waals surface area contributed by atoms with Gasteiger partial charge in [-0.05, 0) is 43.4 Å². The van der Waals surface area contributed by atoms with Gasteiger partial charge in [-0.3, -0.25) is 4.79 Å². The SMILES string of the molecule is CC(SS)(C(=O)O)c1ncc(C(=O)O)n1C1CCc2c(F)cc(F)cc2C1.Cl. The summed E-state index contributed by atoms with van der Waals surface area (Å²) in [6.45, 7) is 1.38. The molecule has 0 fully saturated rings. The first kappa shape index (κ1) is 22.5. The molecule has 3 rings (SSSR count). The molecular weight excluding hydrogens is 434 g/mol. The molecule has 0 saturated carbocycles. The van der Waals surface area contributed by atoms with E-state index < -0.39 is 34.4 Å². The van der Waals surface area contributed by atoms with Crippen LogP contribution in [0.25, 0.3) is 0 Å². The summed E-state index contributed by atoms with van der Waals surface area (Å²) < 4.78 is 27.4. The highest BCUT2D eigenvalue weighted by atomic mass is 35.5. The Balaban J connectivity index is 0.00000280. The van der Waals surface area contributed by atoms with E-state index in [-0.39, 0.29) is 36.8 Å². The number of carboxylic acids is 2. The van der Waals surface area contributed by atoms with Crippen molar-refractivity contribution in [1.29, 1.82) is 0 Å². The lowest BCUT2D eigenvalue weighted by Crippen LogP contribution is -2.34. The first-order chi connectivity index (χ1) is 12.7. The third kappa shape index (κ3) is 3.72. The van der Waals surface area contributed by atoms with Gasteiger partial charge in [0.2, 0.25) is 0 Å². The molecule has 0 radical (unpaired) electrons. The molecule has 28 heavy (non-hydrogen) atoms. The average Bonchev–Trinajstić information content (AvgIpc) is 3.05. The second-order valence-electron chi connectivity index (χ2n) is 6.49. The first-order valence-electron chi connectivity index (χ1n) is 8.02. The van der Waals surface area contributed by atoms with Gasteiger partial charge in [-0.25, -0.2) is 18.6 Å². The Kier molecular flexibility index (Phi) is 6.67. The summed E-state index contributed by atoms with van der Waals surface area (Å²) in [5, 5.41) is 19.1. The third-order valence-electron chi connectivity index (χ3n) is 4.83. The number of halogens is 3. The van der Waals surface area contributed by atoms with E-state index in [0.717, 1.165) is 23.1 Å². The minimum absolute atomic E-state index is 0. The van der Waals surface area contributed by atoms with Crippen LogP contribution in [0.15, 0.2) is 18.3 Å². The van der Waals surface area contributed by atoms with Crippen molar-refractivity contribution in [3.8, 4) is 0 Å². The number of aliphatic carboxylic acids is 1. The maximum absolute atomic E-state index is 14.0. The highest BCUT2D eigenvalue weighted by Crippen LogP contribution is 2.41. The van der Waals surface area contributed by atoms with Crippen LogP contribution in [0.5, 0.6) is 0 Å². The van der Waals surface area contributed by atoms with E-state index >= 15 is 0 Å². The number of carboxylic acid groups (broad SMARTS) is 2. The van der Waals surface area contributed by atoms with Crippen molar-refractivity contribution in [2.75, 3.05) is 0 Å². The van der Waals surface area contributed by atoms with Crippen molar-refractivity contribution in [3.05, 3.63) is 52.6 Å². The van der Waals surface area contributed by atoms with Gasteiger partial charge in [0.25, 0.3) is 0 Å². The number of carbonyl (C=O) groups is 2. The molecule has 1 heterocycles. The van der Waals surface area contributed by atoms with Gasteiger partial charge in [0.15, 0.2) is 4.75 Å². The topological polar surface area (TPSA) is 92.4 Å². The molecular formula is C17H17ClF2N2O4S2. The zero-order chi connectivity index (χ0) is 19.9. The molecule has 0 saturated heterocycles. The molecule has 2 atom stereocenters. The molecule has 1 aromatic heterocycles. The summed E-state index contributed by atoms with van der Waals surface area (Å²) in [6.07, 6.45) is 1.91. The Morgan fingerprint density at radius 3 is 2.61 bits per heavy atom. The summed E-state index contributed by atoms with van der Waals surface area (Å²) >= 11 is 4.03. The fraction of sp³-hybridized carbons (Fsp3) is 0.353. The van der Waals surface area contributed by atoms with Crippen LogP contribution in [0.3, 0.4) is 0 Å². The number of nitrogens with zero attached hydrogens (tertiary/aromatic N) is 2. The number of imidazole rings is 1. The van der Waals surface area contributed by atoms with Crippen LogP contribution in [0.4, 0.5) is 8.78 Å². The lowest BCUT2D eigenvalue weighted by Gasteiger charge is -2.31. The second kappa shape index (κ2) is 8.30. The zero-order valence-electron chi connectivity index (χ0n) is 14.6. The Morgan fingerprint density at radius 1 is 1.36 bits per heavy atom. The van der Waals surface area contributed by atoms with Gasteiger partial charge >= 0.3 is 11.9 Å². The van der Waals surface area contributed by atoms with E-state index in [9.17, 15) is 28.6 Å². The number of rotatable bonds is 5. The van der Waals surface area contributed by atoms with Gasteiger partial charge in [-0.1, -0.05) is 10.8 Å². The molecule has 11 heteroatoms. The van der Waals surface area contributed by atoms with Crippen molar-refractivity contribution in [1.82, 2.24) is 9.55 Å². The molecule has 6 nitrogen and oxygen atoms in total. The number of aromatic nitrogens is 2. The Hall–Kier alpha value is -1.78. The number of hydrogen-bond acceptors (Lipinski definition) is 5. The van der Waals surface area contributed by atoms with E-state index in [4.69, 9.17) is 0 Å². The minimum Gasteiger partial charge on any atom is -0.480 e. The molecule has 0 amide bonds. The lowest BCUT2D eigenvalue weighted by atomic mass is 9.87. The summed E-state index contributed by atoms with van der Waals surface area (Å²) in [6, 6.07) is 1.55. The van der Waals surface area contributed by atoms with E-state index in [1.54, 1.807) is 0 Å². The van der Waals surface area contributed by atoms with E-state index in [1.807, 2.05) is 0 Å². The first-order valence-corrected chi connectivity index (χ1v) is 9.89. The van der Waals surface area contributed by atoms with Crippen LogP contribution in [-0.2, 0) is 22.4 Å². The Bertz CT molecular complexity index is 940. The number of aromatic carboxylic acids is 1. The molecule has 2 unspecified atom stereocenters. The van der Waals surface area contributed by atoms with Crippen molar-refractivity contribution in [2.24, 2.45) is 0 Å². The zero-order valence-corrected chi connectivity index (χ0v) is 17.1. The fourth-order valence-corrected chi connectivity index (χ4v) is 4.21. The van der Waals surface area contributed by atoms with E-state index in [0.29, 0.717) is 17.5 Å². The van der Waals surface area contributed by atoms with Crippen molar-refractivity contribution < 1.29 is 28.6 Å². The molecule has 1 aliphatic rings. The van der Waals surface area contributed by atoms with Crippen LogP contribution in [0.2, 0.25) is 0 Å². The quantitative estimate of drug-likeness (QED) is 0.473. The predicted molar refractivity (Wildman–Crippen MR) is 105 cm³/mol. The predicted octanol–water partition coefficient (Wildman–Crippen LogP) is 3.89. The van der Waals surface area contributed by atoms with Crippen LogP contribution in [0.1, 0.15) is 46.8 Å². The standard InChI is InChI=1S/C17H16F2N2O4S2.ClH/c1-17(27-26,16(24)25)15-20-7-13(14(22)23)21(15)10-2-3-11-8(5-10)4-9(18)6-12(11)19;/h4,6-7,10,26H,2-3,5H2,1H3,(H,22,23)(H,24,25);1H. The third-order valence-corrected chi connectivity index (χ3v) is 6.65. The molecule has 0 bridgehead atoms. The van der Waals surface area contributed by atoms with Gasteiger partial charge in [0.1, 0.15) is 23.2 Å². The molecule has 0 spiro atoms. The molecule has 0 aliphatic heterocycles. The monoisotopic (exact) mass is 450 g/mol. The maximum atomic E-state index is 14.0. The molecule has 152 valence electrons. The van der Waals surface area contributed by atoms with Gasteiger partial charge in [0, 0.05) is 12.1 Å². The summed E-state index contributed by atoms with van der Waals surface area (Å²) in [5.74, 6) is -3.80. The highest BCUT2D eigenvalue weighted by molar-refractivity contribution is 8.69. The van der Waals surface area contributed by atoms with Crippen molar-refractivity contribution in [2.45, 2.75) is 37.0 Å². The number of fused-ring (bicyclic) bond motifs is 1. The smallest absolute Gasteiger partial charge is 0.354 e. The second-order valence-corrected chi connectivity index (χ2v) is 8.04. The van der Waals surface area contributed by atoms with Crippen molar-refractivity contribution >= 4 is 46.8 Å². The average molecular weight is 451 g/mol. The van der Waals surface area contributed by atoms with Crippen molar-refractivity contribution in [3.63, 3.8) is 0 Å². The number of benzene rings is 1. The van der Waals surface area contributed by atoms with Gasteiger partial charge in [0.05, 0.1) is 6.20 Å². The molecule has 2 aromatic rings. The Labute approximate surface area is 174 Å². The maximum Gasteiger partial charge on any atom is 0.354 e. The Morgan fingerprint density at radius 2 is 2.04 bits per heavy atom. The number of hydrogen-bond donors (Lipinski definition) is 3. The summed E-state index contributed by atoms with van der Waals surface area (Å²) in [5.41, 5.74) is 0.663. The molecule has 1 aromatic carbocycles. The molecule has 1 aliphatic carbocycles. The molecule has 2 N–H and O–H groups in total. The van der Waals surface area contributed by atoms with E-state index in [1.165, 1.54) is 17.6 Å². The van der Waals surface area contributed by atoms with Gasteiger partial charge in [-0.2, -0.15) is 0 Å². The van der Waals surface area contributed by atoms with E-state index in [2.05, 4.69) is 16.6 Å². The highest BCUT2D eigenvalue weighted by Gasteiger charge is 2.42. The van der Waals surface area contributed by atoms with Crippen LogP contribution in [0, 0.1) is 11.6 Å².